The molecule has 4 heteroatoms. The minimum absolute atomic E-state index is 0.0907. The van der Waals surface area contributed by atoms with Crippen LogP contribution in [0.5, 0.6) is 5.75 Å². The first-order valence-electron chi connectivity index (χ1n) is 4.00. The molecule has 0 saturated heterocycles. The highest BCUT2D eigenvalue weighted by Gasteiger charge is 2.06. The SMILES string of the molecule is NCc1c(F)cccc1OCCO. The van der Waals surface area contributed by atoms with E-state index in [1.54, 1.807) is 12.1 Å². The molecule has 0 amide bonds. The van der Waals surface area contributed by atoms with Crippen molar-refractivity contribution in [2.45, 2.75) is 6.54 Å². The van der Waals surface area contributed by atoms with Crippen LogP contribution in [0.4, 0.5) is 4.39 Å². The van der Waals surface area contributed by atoms with Crippen LogP contribution in [0.15, 0.2) is 18.2 Å². The van der Waals surface area contributed by atoms with Crippen molar-refractivity contribution in [2.75, 3.05) is 13.2 Å². The zero-order valence-electron chi connectivity index (χ0n) is 7.16. The third-order valence-electron chi connectivity index (χ3n) is 1.63. The quantitative estimate of drug-likeness (QED) is 0.724. The van der Waals surface area contributed by atoms with E-state index in [2.05, 4.69) is 0 Å². The first-order chi connectivity index (χ1) is 6.29. The van der Waals surface area contributed by atoms with Gasteiger partial charge in [-0.25, -0.2) is 4.39 Å². The molecule has 0 spiro atoms. The molecule has 72 valence electrons. The third-order valence-corrected chi connectivity index (χ3v) is 1.63. The second-order valence-corrected chi connectivity index (χ2v) is 2.49. The van der Waals surface area contributed by atoms with Gasteiger partial charge in [-0.15, -0.1) is 0 Å². The van der Waals surface area contributed by atoms with Gasteiger partial charge in [0.15, 0.2) is 0 Å². The predicted octanol–water partition coefficient (Wildman–Crippen LogP) is 0.656. The number of aliphatic hydroxyl groups excluding tert-OH is 1. The minimum Gasteiger partial charge on any atom is -0.491 e. The van der Waals surface area contributed by atoms with Crippen LogP contribution in [-0.2, 0) is 6.54 Å². The summed E-state index contributed by atoms with van der Waals surface area (Å²) < 4.78 is 18.1. The van der Waals surface area contributed by atoms with Crippen LogP contribution in [0.1, 0.15) is 5.56 Å². The highest BCUT2D eigenvalue weighted by Crippen LogP contribution is 2.20. The van der Waals surface area contributed by atoms with E-state index in [4.69, 9.17) is 15.6 Å². The maximum absolute atomic E-state index is 13.1. The highest BCUT2D eigenvalue weighted by atomic mass is 19.1. The van der Waals surface area contributed by atoms with Crippen LogP contribution in [0.2, 0.25) is 0 Å². The van der Waals surface area contributed by atoms with Crippen LogP contribution >= 0.6 is 0 Å². The molecule has 3 nitrogen and oxygen atoms in total. The topological polar surface area (TPSA) is 55.5 Å². The molecule has 1 aromatic carbocycles. The first kappa shape index (κ1) is 9.95. The number of nitrogens with two attached hydrogens (primary N) is 1. The molecular weight excluding hydrogens is 173 g/mol. The van der Waals surface area contributed by atoms with Crippen molar-refractivity contribution < 1.29 is 14.2 Å². The van der Waals surface area contributed by atoms with Crippen molar-refractivity contribution in [1.82, 2.24) is 0 Å². The molecule has 0 fully saturated rings. The Balaban J connectivity index is 2.85. The lowest BCUT2D eigenvalue weighted by Gasteiger charge is -2.09. The van der Waals surface area contributed by atoms with E-state index < -0.39 is 0 Å². The fraction of sp³-hybridized carbons (Fsp3) is 0.333. The molecular formula is C9H12FNO2. The van der Waals surface area contributed by atoms with E-state index in [1.165, 1.54) is 6.07 Å². The van der Waals surface area contributed by atoms with Gasteiger partial charge in [0, 0.05) is 12.1 Å². The average molecular weight is 185 g/mol. The number of rotatable bonds is 4. The third kappa shape index (κ3) is 2.40. The van der Waals surface area contributed by atoms with Gasteiger partial charge in [0.2, 0.25) is 0 Å². The summed E-state index contributed by atoms with van der Waals surface area (Å²) in [4.78, 5) is 0. The lowest BCUT2D eigenvalue weighted by Crippen LogP contribution is -2.07. The van der Waals surface area contributed by atoms with Crippen LogP contribution < -0.4 is 10.5 Å². The largest absolute Gasteiger partial charge is 0.491 e. The van der Waals surface area contributed by atoms with Gasteiger partial charge in [0.05, 0.1) is 6.61 Å². The normalized spacial score (nSPS) is 10.1. The van der Waals surface area contributed by atoms with Crippen molar-refractivity contribution in [3.63, 3.8) is 0 Å². The maximum atomic E-state index is 13.1. The van der Waals surface area contributed by atoms with E-state index in [-0.39, 0.29) is 25.6 Å². The van der Waals surface area contributed by atoms with Crippen molar-refractivity contribution in [2.24, 2.45) is 5.73 Å². The number of hydrogen-bond donors (Lipinski definition) is 2. The molecule has 1 rings (SSSR count). The number of halogens is 1. The molecule has 0 bridgehead atoms. The van der Waals surface area contributed by atoms with Gasteiger partial charge in [-0.3, -0.25) is 0 Å². The molecule has 0 heterocycles. The van der Waals surface area contributed by atoms with Crippen molar-refractivity contribution in [3.05, 3.63) is 29.6 Å². The summed E-state index contributed by atoms with van der Waals surface area (Å²) in [7, 11) is 0. The molecule has 0 aliphatic carbocycles. The van der Waals surface area contributed by atoms with Gasteiger partial charge in [0.25, 0.3) is 0 Å². The van der Waals surface area contributed by atoms with Crippen molar-refractivity contribution in [3.8, 4) is 5.75 Å². The lowest BCUT2D eigenvalue weighted by molar-refractivity contribution is 0.199. The number of benzene rings is 1. The number of hydrogen-bond acceptors (Lipinski definition) is 3. The molecule has 3 N–H and O–H groups in total. The Hall–Kier alpha value is -1.13. The Bertz CT molecular complexity index is 278. The van der Waals surface area contributed by atoms with Crippen molar-refractivity contribution in [1.29, 1.82) is 0 Å². The van der Waals surface area contributed by atoms with E-state index in [0.717, 1.165) is 0 Å². The Morgan fingerprint density at radius 1 is 1.46 bits per heavy atom. The van der Waals surface area contributed by atoms with Crippen LogP contribution in [0.25, 0.3) is 0 Å². The van der Waals surface area contributed by atoms with Gasteiger partial charge in [-0.05, 0) is 12.1 Å². The predicted molar refractivity (Wildman–Crippen MR) is 46.9 cm³/mol. The monoisotopic (exact) mass is 185 g/mol. The second kappa shape index (κ2) is 4.79. The summed E-state index contributed by atoms with van der Waals surface area (Å²) in [6, 6.07) is 4.50. The van der Waals surface area contributed by atoms with E-state index in [1.807, 2.05) is 0 Å². The van der Waals surface area contributed by atoms with E-state index in [0.29, 0.717) is 11.3 Å². The van der Waals surface area contributed by atoms with E-state index >= 15 is 0 Å². The van der Waals surface area contributed by atoms with Gasteiger partial charge in [0.1, 0.15) is 18.2 Å². The molecule has 0 aromatic heterocycles. The Kier molecular flexibility index (Phi) is 3.67. The Morgan fingerprint density at radius 2 is 2.23 bits per heavy atom. The van der Waals surface area contributed by atoms with Crippen LogP contribution in [-0.4, -0.2) is 18.3 Å². The number of ether oxygens (including phenoxy) is 1. The van der Waals surface area contributed by atoms with Gasteiger partial charge in [-0.1, -0.05) is 6.07 Å². The molecule has 13 heavy (non-hydrogen) atoms. The minimum atomic E-state index is -0.377. The molecule has 0 atom stereocenters. The summed E-state index contributed by atoms with van der Waals surface area (Å²) in [6.45, 7) is 0.143. The van der Waals surface area contributed by atoms with Crippen LogP contribution in [0, 0.1) is 5.82 Å². The van der Waals surface area contributed by atoms with E-state index in [9.17, 15) is 4.39 Å². The summed E-state index contributed by atoms with van der Waals surface area (Å²) >= 11 is 0. The highest BCUT2D eigenvalue weighted by molar-refractivity contribution is 5.34. The second-order valence-electron chi connectivity index (χ2n) is 2.49. The summed E-state index contributed by atoms with van der Waals surface area (Å²) in [5.41, 5.74) is 5.68. The Labute approximate surface area is 75.9 Å². The maximum Gasteiger partial charge on any atom is 0.131 e. The zero-order chi connectivity index (χ0) is 9.68. The zero-order valence-corrected chi connectivity index (χ0v) is 7.16. The average Bonchev–Trinajstić information content (AvgIpc) is 2.15. The lowest BCUT2D eigenvalue weighted by atomic mass is 10.2. The summed E-state index contributed by atoms with van der Waals surface area (Å²) in [5.74, 6) is 0.0227. The molecule has 0 unspecified atom stereocenters. The molecule has 0 aliphatic rings. The summed E-state index contributed by atoms with van der Waals surface area (Å²) in [5, 5.41) is 8.51. The van der Waals surface area contributed by atoms with Gasteiger partial charge >= 0.3 is 0 Å². The Morgan fingerprint density at radius 3 is 2.85 bits per heavy atom. The first-order valence-corrected chi connectivity index (χ1v) is 4.00. The standard InChI is InChI=1S/C9H12FNO2/c10-8-2-1-3-9(7(8)6-11)13-5-4-12/h1-3,12H,4-6,11H2. The van der Waals surface area contributed by atoms with Crippen molar-refractivity contribution >= 4 is 0 Å². The number of aliphatic hydroxyl groups is 1. The fourth-order valence-electron chi connectivity index (χ4n) is 1.03. The smallest absolute Gasteiger partial charge is 0.131 e. The fourth-order valence-corrected chi connectivity index (χ4v) is 1.03. The molecule has 0 aliphatic heterocycles. The van der Waals surface area contributed by atoms with Gasteiger partial charge < -0.3 is 15.6 Å². The molecule has 1 aromatic rings. The van der Waals surface area contributed by atoms with Crippen LogP contribution in [0.3, 0.4) is 0 Å². The van der Waals surface area contributed by atoms with Gasteiger partial charge in [-0.2, -0.15) is 0 Å². The molecule has 0 saturated carbocycles. The summed E-state index contributed by atoms with van der Waals surface area (Å²) in [6.07, 6.45) is 0. The molecule has 0 radical (unpaired) electrons.